The van der Waals surface area contributed by atoms with E-state index < -0.39 is 0 Å². The highest BCUT2D eigenvalue weighted by atomic mass is 16.3. The van der Waals surface area contributed by atoms with Crippen molar-refractivity contribution in [1.82, 2.24) is 19.9 Å². The average Bonchev–Trinajstić information content (AvgIpc) is 3.55. The van der Waals surface area contributed by atoms with Crippen LogP contribution in [-0.4, -0.2) is 19.9 Å². The molecule has 6 aromatic carbocycles. The smallest absolute Gasteiger partial charge is 0.164 e. The molecule has 5 heteroatoms. The molecule has 0 amide bonds. The molecular formula is C42H26N4O. The molecule has 0 aliphatic heterocycles. The topological polar surface area (TPSA) is 64.7 Å². The molecule has 0 radical (unpaired) electrons. The van der Waals surface area contributed by atoms with E-state index in [9.17, 15) is 0 Å². The molecule has 0 spiro atoms. The first-order valence-electron chi connectivity index (χ1n) is 15.6. The third-order valence-electron chi connectivity index (χ3n) is 8.55. The van der Waals surface area contributed by atoms with Crippen LogP contribution < -0.4 is 0 Å². The molecule has 9 rings (SSSR count). The first-order valence-corrected chi connectivity index (χ1v) is 15.6. The van der Waals surface area contributed by atoms with E-state index in [4.69, 9.17) is 24.4 Å². The van der Waals surface area contributed by atoms with E-state index in [0.717, 1.165) is 71.9 Å². The molecule has 0 saturated carbocycles. The zero-order valence-corrected chi connectivity index (χ0v) is 25.2. The average molecular weight is 603 g/mol. The normalized spacial score (nSPS) is 11.4. The summed E-state index contributed by atoms with van der Waals surface area (Å²) in [5.74, 6) is 1.93. The molecule has 0 fully saturated rings. The van der Waals surface area contributed by atoms with Gasteiger partial charge in [-0.05, 0) is 23.3 Å². The van der Waals surface area contributed by atoms with Gasteiger partial charge in [-0.25, -0.2) is 19.9 Å². The van der Waals surface area contributed by atoms with Gasteiger partial charge < -0.3 is 4.42 Å². The number of para-hydroxylation sites is 2. The molecule has 3 heterocycles. The summed E-state index contributed by atoms with van der Waals surface area (Å²) in [5, 5.41) is 3.30. The number of hydrogen-bond donors (Lipinski definition) is 0. The lowest BCUT2D eigenvalue weighted by atomic mass is 9.99. The van der Waals surface area contributed by atoms with Crippen LogP contribution in [0.15, 0.2) is 162 Å². The molecule has 0 aliphatic rings. The highest BCUT2D eigenvalue weighted by Gasteiger charge is 2.18. The summed E-state index contributed by atoms with van der Waals surface area (Å²) in [6.45, 7) is 0. The van der Waals surface area contributed by atoms with Gasteiger partial charge in [-0.3, -0.25) is 0 Å². The Morgan fingerprint density at radius 3 is 1.38 bits per heavy atom. The van der Waals surface area contributed by atoms with Crippen molar-refractivity contribution in [3.63, 3.8) is 0 Å². The van der Waals surface area contributed by atoms with E-state index in [1.807, 2.05) is 78.9 Å². The van der Waals surface area contributed by atoms with Crippen molar-refractivity contribution >= 4 is 32.8 Å². The van der Waals surface area contributed by atoms with E-state index in [0.29, 0.717) is 17.5 Å². The van der Waals surface area contributed by atoms with Crippen LogP contribution in [0.25, 0.3) is 89.4 Å². The van der Waals surface area contributed by atoms with Crippen LogP contribution >= 0.6 is 0 Å². The van der Waals surface area contributed by atoms with E-state index in [1.165, 1.54) is 0 Å². The standard InChI is InChI=1S/C42H26N4O/c1-3-11-30(12-4-1)40-44-41(31-13-5-2-6-14-31)46-42(45-40)32-25-21-28(22-26-32)27-19-23-29(24-20-27)38-39-37(33-15-7-9-17-35(33)43-38)34-16-8-10-18-36(34)47-39/h1-26H. The SMILES string of the molecule is c1ccc(-c2nc(-c3ccccc3)nc(-c3ccc(-c4ccc(-c5nc6ccccc6c6c5oc5ccccc56)cc4)cc3)n2)cc1. The second-order valence-electron chi connectivity index (χ2n) is 11.5. The molecule has 3 aromatic heterocycles. The Bertz CT molecular complexity index is 2480. The van der Waals surface area contributed by atoms with Crippen molar-refractivity contribution in [3.05, 3.63) is 158 Å². The summed E-state index contributed by atoms with van der Waals surface area (Å²) >= 11 is 0. The Labute approximate surface area is 270 Å². The van der Waals surface area contributed by atoms with Gasteiger partial charge in [0.05, 0.1) is 5.52 Å². The molecule has 47 heavy (non-hydrogen) atoms. The molecule has 0 atom stereocenters. The molecule has 9 aromatic rings. The highest BCUT2D eigenvalue weighted by molar-refractivity contribution is 6.20. The van der Waals surface area contributed by atoms with Gasteiger partial charge in [0.1, 0.15) is 11.3 Å². The summed E-state index contributed by atoms with van der Waals surface area (Å²) < 4.78 is 6.41. The monoisotopic (exact) mass is 602 g/mol. The van der Waals surface area contributed by atoms with Crippen LogP contribution in [0.1, 0.15) is 0 Å². The Kier molecular flexibility index (Phi) is 6.39. The van der Waals surface area contributed by atoms with Crippen LogP contribution in [0.4, 0.5) is 0 Å². The molecule has 0 bridgehead atoms. The number of fused-ring (bicyclic) bond motifs is 5. The molecule has 0 N–H and O–H groups in total. The zero-order chi connectivity index (χ0) is 31.2. The quantitative estimate of drug-likeness (QED) is 0.196. The lowest BCUT2D eigenvalue weighted by Gasteiger charge is -2.10. The number of aromatic nitrogens is 4. The first kappa shape index (κ1) is 26.9. The molecule has 220 valence electrons. The molecule has 0 unspecified atom stereocenters. The first-order chi connectivity index (χ1) is 23.3. The van der Waals surface area contributed by atoms with E-state index in [2.05, 4.69) is 78.9 Å². The number of benzene rings is 6. The number of hydrogen-bond acceptors (Lipinski definition) is 5. The fourth-order valence-electron chi connectivity index (χ4n) is 6.20. The van der Waals surface area contributed by atoms with Gasteiger partial charge in [-0.2, -0.15) is 0 Å². The largest absolute Gasteiger partial charge is 0.454 e. The summed E-state index contributed by atoms with van der Waals surface area (Å²) in [6, 6.07) is 53.4. The minimum atomic E-state index is 0.636. The third kappa shape index (κ3) is 4.82. The van der Waals surface area contributed by atoms with Crippen LogP contribution in [0.2, 0.25) is 0 Å². The Hall–Kier alpha value is -6.46. The molecule has 0 saturated heterocycles. The second-order valence-corrected chi connectivity index (χ2v) is 11.5. The Morgan fingerprint density at radius 1 is 0.340 bits per heavy atom. The summed E-state index contributed by atoms with van der Waals surface area (Å²) in [5.41, 5.74) is 9.50. The maximum Gasteiger partial charge on any atom is 0.164 e. The molecule has 5 nitrogen and oxygen atoms in total. The maximum atomic E-state index is 6.41. The van der Waals surface area contributed by atoms with Crippen LogP contribution in [0.3, 0.4) is 0 Å². The van der Waals surface area contributed by atoms with Crippen molar-refractivity contribution in [2.24, 2.45) is 0 Å². The van der Waals surface area contributed by atoms with E-state index >= 15 is 0 Å². The van der Waals surface area contributed by atoms with Crippen molar-refractivity contribution in [2.45, 2.75) is 0 Å². The van der Waals surface area contributed by atoms with Gasteiger partial charge in [0.25, 0.3) is 0 Å². The number of pyridine rings is 1. The highest BCUT2D eigenvalue weighted by Crippen LogP contribution is 2.39. The van der Waals surface area contributed by atoms with Gasteiger partial charge in [-0.15, -0.1) is 0 Å². The fourth-order valence-corrected chi connectivity index (χ4v) is 6.20. The molecular weight excluding hydrogens is 576 g/mol. The van der Waals surface area contributed by atoms with Crippen molar-refractivity contribution in [2.75, 3.05) is 0 Å². The van der Waals surface area contributed by atoms with Gasteiger partial charge in [0, 0.05) is 38.4 Å². The van der Waals surface area contributed by atoms with Gasteiger partial charge in [0.2, 0.25) is 0 Å². The van der Waals surface area contributed by atoms with Gasteiger partial charge in [0.15, 0.2) is 23.1 Å². The van der Waals surface area contributed by atoms with Crippen molar-refractivity contribution in [3.8, 4) is 56.5 Å². The third-order valence-corrected chi connectivity index (χ3v) is 8.55. The number of rotatable bonds is 5. The zero-order valence-electron chi connectivity index (χ0n) is 25.2. The van der Waals surface area contributed by atoms with Crippen molar-refractivity contribution in [1.29, 1.82) is 0 Å². The van der Waals surface area contributed by atoms with Gasteiger partial charge in [-0.1, -0.05) is 146 Å². The lowest BCUT2D eigenvalue weighted by Crippen LogP contribution is -2.00. The van der Waals surface area contributed by atoms with Gasteiger partial charge >= 0.3 is 0 Å². The minimum absolute atomic E-state index is 0.636. The number of nitrogens with zero attached hydrogens (tertiary/aromatic N) is 4. The van der Waals surface area contributed by atoms with E-state index in [-0.39, 0.29) is 0 Å². The maximum absolute atomic E-state index is 6.41. The Morgan fingerprint density at radius 2 is 0.787 bits per heavy atom. The van der Waals surface area contributed by atoms with Crippen LogP contribution in [0, 0.1) is 0 Å². The summed E-state index contributed by atoms with van der Waals surface area (Å²) in [6.07, 6.45) is 0. The van der Waals surface area contributed by atoms with Crippen LogP contribution in [-0.2, 0) is 0 Å². The second kappa shape index (κ2) is 11.2. The predicted octanol–water partition coefficient (Wildman–Crippen LogP) is 10.7. The van der Waals surface area contributed by atoms with E-state index in [1.54, 1.807) is 0 Å². The number of furan rings is 1. The minimum Gasteiger partial charge on any atom is -0.454 e. The fraction of sp³-hybridized carbons (Fsp3) is 0. The summed E-state index contributed by atoms with van der Waals surface area (Å²) in [7, 11) is 0. The predicted molar refractivity (Wildman–Crippen MR) is 190 cm³/mol. The lowest BCUT2D eigenvalue weighted by molar-refractivity contribution is 0.669. The summed E-state index contributed by atoms with van der Waals surface area (Å²) in [4.78, 5) is 19.6. The van der Waals surface area contributed by atoms with Crippen molar-refractivity contribution < 1.29 is 4.42 Å². The van der Waals surface area contributed by atoms with Crippen LogP contribution in [0.5, 0.6) is 0 Å². The molecule has 0 aliphatic carbocycles. The Balaban J connectivity index is 1.08.